The molecule has 2 aromatic carbocycles. The van der Waals surface area contributed by atoms with E-state index in [0.29, 0.717) is 0 Å². The first-order valence-corrected chi connectivity index (χ1v) is 8.42. The zero-order valence-corrected chi connectivity index (χ0v) is 12.0. The van der Waals surface area contributed by atoms with Crippen molar-refractivity contribution in [3.05, 3.63) is 71.8 Å². The van der Waals surface area contributed by atoms with Gasteiger partial charge in [0.25, 0.3) is 0 Å². The smallest absolute Gasteiger partial charge is 0.389 e. The summed E-state index contributed by atoms with van der Waals surface area (Å²) in [6.07, 6.45) is -0.165. The van der Waals surface area contributed by atoms with Gasteiger partial charge in [-0.2, -0.15) is 0 Å². The maximum Gasteiger partial charge on any atom is 0.427 e. The summed E-state index contributed by atoms with van der Waals surface area (Å²) < 4.78 is 11.0. The van der Waals surface area contributed by atoms with Crippen LogP contribution in [0.15, 0.2) is 60.7 Å². The van der Waals surface area contributed by atoms with Crippen LogP contribution in [0.4, 0.5) is 0 Å². The van der Waals surface area contributed by atoms with Gasteiger partial charge in [0.2, 0.25) is 0 Å². The van der Waals surface area contributed by atoms with Gasteiger partial charge in [-0.05, 0) is 11.1 Å². The van der Waals surface area contributed by atoms with Crippen LogP contribution in [0.5, 0.6) is 0 Å². The van der Waals surface area contributed by atoms with Crippen LogP contribution in [0.1, 0.15) is 17.2 Å². The van der Waals surface area contributed by atoms with E-state index in [0.717, 1.165) is 11.1 Å². The average molecular weight is 279 g/mol. The molecular formula is C14H15ClO2Si. The van der Waals surface area contributed by atoms with Gasteiger partial charge >= 0.3 is 8.59 Å². The second-order valence-electron chi connectivity index (χ2n) is 3.85. The molecule has 0 N–H and O–H groups in total. The molecule has 0 aliphatic heterocycles. The highest BCUT2D eigenvalue weighted by molar-refractivity contribution is 6.99. The van der Waals surface area contributed by atoms with Crippen molar-refractivity contribution in [1.29, 1.82) is 0 Å². The van der Waals surface area contributed by atoms with Gasteiger partial charge < -0.3 is 8.85 Å². The normalized spacial score (nSPS) is 12.6. The molecule has 0 saturated heterocycles. The fourth-order valence-electron chi connectivity index (χ4n) is 1.77. The zero-order valence-electron chi connectivity index (χ0n) is 10.1. The van der Waals surface area contributed by atoms with Gasteiger partial charge in [-0.3, -0.25) is 0 Å². The lowest BCUT2D eigenvalue weighted by Crippen LogP contribution is -2.18. The van der Waals surface area contributed by atoms with E-state index in [-0.39, 0.29) is 6.10 Å². The number of rotatable bonds is 5. The molecule has 0 radical (unpaired) electrons. The van der Waals surface area contributed by atoms with E-state index in [2.05, 4.69) is 0 Å². The van der Waals surface area contributed by atoms with Gasteiger partial charge in [0.15, 0.2) is 0 Å². The van der Waals surface area contributed by atoms with E-state index < -0.39 is 8.59 Å². The Balaban J connectivity index is 2.29. The van der Waals surface area contributed by atoms with Gasteiger partial charge in [0.05, 0.1) is 6.10 Å². The highest BCUT2D eigenvalue weighted by atomic mass is 35.6. The molecule has 0 saturated carbocycles. The maximum absolute atomic E-state index is 6.05. The van der Waals surface area contributed by atoms with Gasteiger partial charge in [0, 0.05) is 7.11 Å². The first-order chi connectivity index (χ1) is 8.81. The summed E-state index contributed by atoms with van der Waals surface area (Å²) >= 11 is 6.05. The Morgan fingerprint density at radius 1 is 0.889 bits per heavy atom. The van der Waals surface area contributed by atoms with Crippen molar-refractivity contribution in [2.75, 3.05) is 7.11 Å². The topological polar surface area (TPSA) is 18.5 Å². The molecule has 2 nitrogen and oxygen atoms in total. The van der Waals surface area contributed by atoms with Crippen LogP contribution in [-0.4, -0.2) is 15.7 Å². The molecule has 0 aromatic heterocycles. The largest absolute Gasteiger partial charge is 0.427 e. The van der Waals surface area contributed by atoms with E-state index in [4.69, 9.17) is 19.9 Å². The first-order valence-electron chi connectivity index (χ1n) is 5.73. The molecule has 0 heterocycles. The predicted octanol–water partition coefficient (Wildman–Crippen LogP) is 3.40. The van der Waals surface area contributed by atoms with Gasteiger partial charge in [0.1, 0.15) is 0 Å². The SMILES string of the molecule is CO[SiH](Cl)OC(c1ccccc1)c1ccccc1. The van der Waals surface area contributed by atoms with E-state index in [9.17, 15) is 0 Å². The number of benzene rings is 2. The van der Waals surface area contributed by atoms with Gasteiger partial charge in [-0.1, -0.05) is 60.7 Å². The molecule has 0 aliphatic carbocycles. The van der Waals surface area contributed by atoms with Crippen molar-refractivity contribution >= 4 is 19.7 Å². The van der Waals surface area contributed by atoms with Crippen LogP contribution in [0.3, 0.4) is 0 Å². The number of halogens is 1. The summed E-state index contributed by atoms with van der Waals surface area (Å²) in [4.78, 5) is 0. The minimum Gasteiger partial charge on any atom is -0.389 e. The molecular weight excluding hydrogens is 264 g/mol. The van der Waals surface area contributed by atoms with Crippen LogP contribution in [0.2, 0.25) is 0 Å². The molecule has 0 fully saturated rings. The minimum atomic E-state index is -2.11. The molecule has 18 heavy (non-hydrogen) atoms. The molecule has 0 spiro atoms. The predicted molar refractivity (Wildman–Crippen MR) is 75.8 cm³/mol. The van der Waals surface area contributed by atoms with Gasteiger partial charge in [-0.25, -0.2) is 0 Å². The highest BCUT2D eigenvalue weighted by Crippen LogP contribution is 2.27. The lowest BCUT2D eigenvalue weighted by molar-refractivity contribution is 0.196. The van der Waals surface area contributed by atoms with E-state index in [1.807, 2.05) is 60.7 Å². The summed E-state index contributed by atoms with van der Waals surface area (Å²) in [7, 11) is -0.526. The highest BCUT2D eigenvalue weighted by Gasteiger charge is 2.19. The quantitative estimate of drug-likeness (QED) is 0.616. The van der Waals surface area contributed by atoms with Crippen molar-refractivity contribution in [2.24, 2.45) is 0 Å². The summed E-state index contributed by atoms with van der Waals surface area (Å²) in [6, 6.07) is 20.1. The zero-order chi connectivity index (χ0) is 12.8. The third kappa shape index (κ3) is 3.43. The van der Waals surface area contributed by atoms with Crippen LogP contribution in [0.25, 0.3) is 0 Å². The molecule has 0 bridgehead atoms. The van der Waals surface area contributed by atoms with Gasteiger partial charge in [-0.15, -0.1) is 11.1 Å². The molecule has 0 amide bonds. The van der Waals surface area contributed by atoms with Crippen molar-refractivity contribution in [1.82, 2.24) is 0 Å². The van der Waals surface area contributed by atoms with Crippen LogP contribution < -0.4 is 0 Å². The summed E-state index contributed by atoms with van der Waals surface area (Å²) in [5.41, 5.74) is 2.16. The molecule has 2 aromatic rings. The Morgan fingerprint density at radius 2 is 1.33 bits per heavy atom. The third-order valence-corrected chi connectivity index (χ3v) is 4.33. The maximum atomic E-state index is 6.05. The van der Waals surface area contributed by atoms with E-state index in [1.54, 1.807) is 7.11 Å². The lowest BCUT2D eigenvalue weighted by Gasteiger charge is -2.20. The molecule has 2 rings (SSSR count). The standard InChI is InChI=1S/C14H15ClO2Si/c1-16-18(15)17-14(12-8-4-2-5-9-12)13-10-6-3-7-11-13/h2-11,14,18H,1H3. The molecule has 0 aliphatic rings. The first kappa shape index (κ1) is 13.3. The molecule has 1 atom stereocenters. The van der Waals surface area contributed by atoms with Crippen LogP contribution in [-0.2, 0) is 8.85 Å². The Kier molecular flexibility index (Phi) is 4.96. The van der Waals surface area contributed by atoms with Crippen molar-refractivity contribution in [3.63, 3.8) is 0 Å². The Bertz CT molecular complexity index is 424. The molecule has 4 heteroatoms. The molecule has 94 valence electrons. The van der Waals surface area contributed by atoms with Crippen molar-refractivity contribution < 1.29 is 8.85 Å². The van der Waals surface area contributed by atoms with E-state index >= 15 is 0 Å². The van der Waals surface area contributed by atoms with Crippen LogP contribution >= 0.6 is 11.1 Å². The summed E-state index contributed by atoms with van der Waals surface area (Å²) in [5.74, 6) is 0. The fraction of sp³-hybridized carbons (Fsp3) is 0.143. The fourth-order valence-corrected chi connectivity index (χ4v) is 2.72. The second-order valence-corrected chi connectivity index (χ2v) is 6.21. The number of hydrogen-bond acceptors (Lipinski definition) is 2. The Labute approximate surface area is 114 Å². The Hall–Kier alpha value is -1.13. The summed E-state index contributed by atoms with van der Waals surface area (Å²) in [5, 5.41) is 0. The molecule has 1 unspecified atom stereocenters. The Morgan fingerprint density at radius 3 is 1.72 bits per heavy atom. The summed E-state index contributed by atoms with van der Waals surface area (Å²) in [6.45, 7) is 0. The van der Waals surface area contributed by atoms with Crippen molar-refractivity contribution in [3.8, 4) is 0 Å². The third-order valence-electron chi connectivity index (χ3n) is 2.63. The second kappa shape index (κ2) is 6.71. The lowest BCUT2D eigenvalue weighted by atomic mass is 10.0. The minimum absolute atomic E-state index is 0.165. The van der Waals surface area contributed by atoms with E-state index in [1.165, 1.54) is 0 Å². The monoisotopic (exact) mass is 278 g/mol. The average Bonchev–Trinajstić information content (AvgIpc) is 2.46. The van der Waals surface area contributed by atoms with Crippen molar-refractivity contribution in [2.45, 2.75) is 6.10 Å². The van der Waals surface area contributed by atoms with Crippen LogP contribution in [0, 0.1) is 0 Å². The number of hydrogen-bond donors (Lipinski definition) is 0.